The van der Waals surface area contributed by atoms with Gasteiger partial charge in [-0.05, 0) is 12.3 Å². The van der Waals surface area contributed by atoms with E-state index in [1.807, 2.05) is 4.90 Å². The van der Waals surface area contributed by atoms with E-state index in [1.54, 1.807) is 0 Å². The van der Waals surface area contributed by atoms with E-state index in [9.17, 15) is 13.2 Å². The molecule has 0 aromatic heterocycles. The smallest absolute Gasteiger partial charge is 0.311 e. The van der Waals surface area contributed by atoms with E-state index in [0.29, 0.717) is 12.0 Å². The molecule has 0 spiro atoms. The average molecular weight is 266 g/mol. The second kappa shape index (κ2) is 6.75. The van der Waals surface area contributed by atoms with E-state index < -0.39 is 12.6 Å². The summed E-state index contributed by atoms with van der Waals surface area (Å²) in [5.41, 5.74) is 0. The van der Waals surface area contributed by atoms with Gasteiger partial charge in [0.15, 0.2) is 0 Å². The Morgan fingerprint density at radius 1 is 1.33 bits per heavy atom. The predicted octanol–water partition coefficient (Wildman–Crippen LogP) is 3.04. The molecule has 0 saturated carbocycles. The van der Waals surface area contributed by atoms with Gasteiger partial charge >= 0.3 is 6.18 Å². The lowest BCUT2D eigenvalue weighted by molar-refractivity contribution is -0.140. The van der Waals surface area contributed by atoms with Gasteiger partial charge in [0, 0.05) is 31.7 Å². The topological polar surface area (TPSA) is 15.3 Å². The molecule has 0 amide bonds. The highest BCUT2D eigenvalue weighted by Gasteiger charge is 2.34. The highest BCUT2D eigenvalue weighted by Crippen LogP contribution is 2.24. The van der Waals surface area contributed by atoms with Crippen LogP contribution in [0.2, 0.25) is 0 Å². The first-order valence-electron chi connectivity index (χ1n) is 6.91. The minimum absolute atomic E-state index is 0.136. The van der Waals surface area contributed by atoms with Gasteiger partial charge in [-0.2, -0.15) is 13.2 Å². The Hall–Kier alpha value is -0.290. The molecule has 1 heterocycles. The second-order valence-electron chi connectivity index (χ2n) is 5.33. The first kappa shape index (κ1) is 15.8. The maximum absolute atomic E-state index is 12.4. The summed E-state index contributed by atoms with van der Waals surface area (Å²) >= 11 is 0. The van der Waals surface area contributed by atoms with Crippen LogP contribution in [-0.4, -0.2) is 42.8 Å². The first-order valence-corrected chi connectivity index (χ1v) is 6.91. The van der Waals surface area contributed by atoms with Crippen molar-refractivity contribution in [2.75, 3.05) is 19.6 Å². The van der Waals surface area contributed by atoms with Gasteiger partial charge in [-0.25, -0.2) is 0 Å². The average Bonchev–Trinajstić information content (AvgIpc) is 2.34. The van der Waals surface area contributed by atoms with Crippen LogP contribution in [0.3, 0.4) is 0 Å². The third-order valence-electron chi connectivity index (χ3n) is 4.02. The molecule has 2 nitrogen and oxygen atoms in total. The molecule has 0 bridgehead atoms. The van der Waals surface area contributed by atoms with E-state index in [-0.39, 0.29) is 12.6 Å². The van der Waals surface area contributed by atoms with Crippen molar-refractivity contribution >= 4 is 0 Å². The number of rotatable bonds is 5. The van der Waals surface area contributed by atoms with Crippen molar-refractivity contribution in [1.29, 1.82) is 0 Å². The summed E-state index contributed by atoms with van der Waals surface area (Å²) in [5, 5.41) is 3.44. The van der Waals surface area contributed by atoms with Crippen molar-refractivity contribution < 1.29 is 13.2 Å². The van der Waals surface area contributed by atoms with E-state index >= 15 is 0 Å². The van der Waals surface area contributed by atoms with Crippen LogP contribution in [0.4, 0.5) is 13.2 Å². The van der Waals surface area contributed by atoms with Gasteiger partial charge in [-0.3, -0.25) is 4.90 Å². The minimum Gasteiger partial charge on any atom is -0.311 e. The molecule has 0 aromatic carbocycles. The number of nitrogens with zero attached hydrogens (tertiary/aromatic N) is 1. The highest BCUT2D eigenvalue weighted by atomic mass is 19.4. The van der Waals surface area contributed by atoms with Gasteiger partial charge in [0.05, 0.1) is 6.42 Å². The molecule has 5 heteroatoms. The Morgan fingerprint density at radius 3 is 2.50 bits per heavy atom. The summed E-state index contributed by atoms with van der Waals surface area (Å²) in [6.45, 7) is 7.98. The van der Waals surface area contributed by atoms with Crippen molar-refractivity contribution in [2.45, 2.75) is 58.3 Å². The predicted molar refractivity (Wildman–Crippen MR) is 67.6 cm³/mol. The molecule has 3 unspecified atom stereocenters. The summed E-state index contributed by atoms with van der Waals surface area (Å²) < 4.78 is 37.1. The molecule has 1 saturated heterocycles. The standard InChI is InChI=1S/C13H25F3N2/c1-4-10(3)12-8-17-11(5-2)9-18(12)7-6-13(14,15)16/h10-12,17H,4-9H2,1-3H3. The van der Waals surface area contributed by atoms with Crippen LogP contribution in [0.5, 0.6) is 0 Å². The number of alkyl halides is 3. The number of piperazine rings is 1. The Kier molecular flexibility index (Phi) is 5.92. The summed E-state index contributed by atoms with van der Waals surface area (Å²) in [6.07, 6.45) is -2.77. The molecule has 1 aliphatic rings. The van der Waals surface area contributed by atoms with Gasteiger partial charge < -0.3 is 5.32 Å². The second-order valence-corrected chi connectivity index (χ2v) is 5.33. The van der Waals surface area contributed by atoms with Crippen LogP contribution in [0.25, 0.3) is 0 Å². The fourth-order valence-electron chi connectivity index (χ4n) is 2.53. The quantitative estimate of drug-likeness (QED) is 0.823. The minimum atomic E-state index is -4.05. The molecule has 0 radical (unpaired) electrons. The Bertz CT molecular complexity index is 243. The largest absolute Gasteiger partial charge is 0.390 e. The molecule has 108 valence electrons. The van der Waals surface area contributed by atoms with Gasteiger partial charge in [0.25, 0.3) is 0 Å². The third-order valence-corrected chi connectivity index (χ3v) is 4.02. The van der Waals surface area contributed by atoms with Gasteiger partial charge in [-0.15, -0.1) is 0 Å². The lowest BCUT2D eigenvalue weighted by Gasteiger charge is -2.43. The van der Waals surface area contributed by atoms with Crippen molar-refractivity contribution in [1.82, 2.24) is 10.2 Å². The number of nitrogens with one attached hydrogen (secondary N) is 1. The van der Waals surface area contributed by atoms with Crippen LogP contribution in [-0.2, 0) is 0 Å². The molecule has 0 aliphatic carbocycles. The molecule has 1 N–H and O–H groups in total. The van der Waals surface area contributed by atoms with Crippen LogP contribution in [0.15, 0.2) is 0 Å². The van der Waals surface area contributed by atoms with Crippen LogP contribution < -0.4 is 5.32 Å². The molecular formula is C13H25F3N2. The zero-order chi connectivity index (χ0) is 13.8. The fourth-order valence-corrected chi connectivity index (χ4v) is 2.53. The van der Waals surface area contributed by atoms with E-state index in [1.165, 1.54) is 0 Å². The van der Waals surface area contributed by atoms with Crippen molar-refractivity contribution in [3.8, 4) is 0 Å². The van der Waals surface area contributed by atoms with Crippen molar-refractivity contribution in [3.63, 3.8) is 0 Å². The monoisotopic (exact) mass is 266 g/mol. The van der Waals surface area contributed by atoms with E-state index in [4.69, 9.17) is 0 Å². The van der Waals surface area contributed by atoms with E-state index in [0.717, 1.165) is 25.9 Å². The Labute approximate surface area is 108 Å². The maximum atomic E-state index is 12.4. The zero-order valence-corrected chi connectivity index (χ0v) is 11.6. The maximum Gasteiger partial charge on any atom is 0.390 e. The number of hydrogen-bond acceptors (Lipinski definition) is 2. The first-order chi connectivity index (χ1) is 8.37. The van der Waals surface area contributed by atoms with Crippen LogP contribution in [0.1, 0.15) is 40.0 Å². The molecule has 1 fully saturated rings. The highest BCUT2D eigenvalue weighted by molar-refractivity contribution is 4.88. The zero-order valence-electron chi connectivity index (χ0n) is 11.6. The Balaban J connectivity index is 2.59. The summed E-state index contributed by atoms with van der Waals surface area (Å²) in [4.78, 5) is 2.03. The fraction of sp³-hybridized carbons (Fsp3) is 1.00. The Morgan fingerprint density at radius 2 is 2.00 bits per heavy atom. The summed E-state index contributed by atoms with van der Waals surface area (Å²) in [7, 11) is 0. The SMILES string of the molecule is CCC1CN(CCC(F)(F)F)C(C(C)CC)CN1. The van der Waals surface area contributed by atoms with Crippen LogP contribution >= 0.6 is 0 Å². The molecular weight excluding hydrogens is 241 g/mol. The molecule has 0 aromatic rings. The lowest BCUT2D eigenvalue weighted by atomic mass is 9.94. The summed E-state index contributed by atoms with van der Waals surface area (Å²) in [6, 6.07) is 0.568. The summed E-state index contributed by atoms with van der Waals surface area (Å²) in [5.74, 6) is 0.434. The van der Waals surface area contributed by atoms with E-state index in [2.05, 4.69) is 26.1 Å². The normalized spacial score (nSPS) is 28.3. The van der Waals surface area contributed by atoms with Gasteiger partial charge in [0.1, 0.15) is 0 Å². The van der Waals surface area contributed by atoms with Gasteiger partial charge in [0.2, 0.25) is 0 Å². The van der Waals surface area contributed by atoms with Crippen molar-refractivity contribution in [3.05, 3.63) is 0 Å². The molecule has 3 atom stereocenters. The van der Waals surface area contributed by atoms with Gasteiger partial charge in [-0.1, -0.05) is 27.2 Å². The third kappa shape index (κ3) is 4.76. The molecule has 1 aliphatic heterocycles. The lowest BCUT2D eigenvalue weighted by Crippen LogP contribution is -2.58. The molecule has 1 rings (SSSR count). The molecule has 18 heavy (non-hydrogen) atoms. The number of hydrogen-bond donors (Lipinski definition) is 1. The van der Waals surface area contributed by atoms with Crippen LogP contribution in [0, 0.1) is 5.92 Å². The number of halogens is 3. The van der Waals surface area contributed by atoms with Crippen molar-refractivity contribution in [2.24, 2.45) is 5.92 Å².